The number of nitrogens with zero attached hydrogens (tertiary/aromatic N) is 5. The Balaban J connectivity index is 1.81. The monoisotopic (exact) mass is 299 g/mol. The molecule has 1 fully saturated rings. The predicted octanol–water partition coefficient (Wildman–Crippen LogP) is 1.68. The lowest BCUT2D eigenvalue weighted by atomic mass is 9.92. The molecule has 3 rings (SSSR count). The number of hydrogen-bond donors (Lipinski definition) is 0. The number of aromatic nitrogens is 4. The maximum Gasteiger partial charge on any atom is 0.219 e. The van der Waals surface area contributed by atoms with Gasteiger partial charge in [0.25, 0.3) is 0 Å². The summed E-state index contributed by atoms with van der Waals surface area (Å²) >= 11 is 0. The summed E-state index contributed by atoms with van der Waals surface area (Å²) in [6, 6.07) is 1.95. The molecule has 22 heavy (non-hydrogen) atoms. The van der Waals surface area contributed by atoms with Crippen molar-refractivity contribution in [1.29, 1.82) is 0 Å². The van der Waals surface area contributed by atoms with Crippen molar-refractivity contribution in [3.8, 4) is 11.4 Å². The van der Waals surface area contributed by atoms with Crippen LogP contribution < -0.4 is 0 Å². The second-order valence-corrected chi connectivity index (χ2v) is 5.87. The lowest BCUT2D eigenvalue weighted by Gasteiger charge is -2.32. The summed E-state index contributed by atoms with van der Waals surface area (Å²) in [5.41, 5.74) is 2.85. The van der Waals surface area contributed by atoms with Gasteiger partial charge in [-0.15, -0.1) is 0 Å². The molecule has 0 N–H and O–H groups in total. The van der Waals surface area contributed by atoms with E-state index >= 15 is 0 Å². The van der Waals surface area contributed by atoms with Crippen LogP contribution in [0.2, 0.25) is 0 Å². The predicted molar refractivity (Wildman–Crippen MR) is 82.9 cm³/mol. The molecule has 116 valence electrons. The Hall–Kier alpha value is -2.24. The van der Waals surface area contributed by atoms with Gasteiger partial charge in [0.1, 0.15) is 5.69 Å². The van der Waals surface area contributed by atoms with Gasteiger partial charge in [-0.3, -0.25) is 19.4 Å². The summed E-state index contributed by atoms with van der Waals surface area (Å²) in [6.45, 7) is 3.34. The van der Waals surface area contributed by atoms with Crippen LogP contribution in [0.3, 0.4) is 0 Å². The van der Waals surface area contributed by atoms with Gasteiger partial charge in [0.15, 0.2) is 0 Å². The molecule has 0 bridgehead atoms. The van der Waals surface area contributed by atoms with Crippen LogP contribution in [0.1, 0.15) is 25.5 Å². The largest absolute Gasteiger partial charge is 0.343 e. The van der Waals surface area contributed by atoms with Crippen molar-refractivity contribution in [2.24, 2.45) is 13.0 Å². The molecule has 0 radical (unpaired) electrons. The smallest absolute Gasteiger partial charge is 0.219 e. The summed E-state index contributed by atoms with van der Waals surface area (Å²) in [4.78, 5) is 22.6. The van der Waals surface area contributed by atoms with Crippen LogP contribution in [-0.4, -0.2) is 43.6 Å². The molecule has 1 aliphatic heterocycles. The van der Waals surface area contributed by atoms with Crippen molar-refractivity contribution >= 4 is 5.91 Å². The summed E-state index contributed by atoms with van der Waals surface area (Å²) in [7, 11) is 1.91. The van der Waals surface area contributed by atoms with Crippen LogP contribution in [0.4, 0.5) is 0 Å². The summed E-state index contributed by atoms with van der Waals surface area (Å²) < 4.78 is 1.82. The Kier molecular flexibility index (Phi) is 4.18. The maximum absolute atomic E-state index is 11.6. The highest BCUT2D eigenvalue weighted by molar-refractivity contribution is 5.73. The van der Waals surface area contributed by atoms with Crippen LogP contribution >= 0.6 is 0 Å². The van der Waals surface area contributed by atoms with Crippen molar-refractivity contribution in [2.45, 2.75) is 26.2 Å². The van der Waals surface area contributed by atoms with E-state index in [0.29, 0.717) is 5.92 Å². The molecule has 1 amide bonds. The van der Waals surface area contributed by atoms with E-state index in [1.807, 2.05) is 22.7 Å². The van der Waals surface area contributed by atoms with Crippen molar-refractivity contribution in [2.75, 3.05) is 13.1 Å². The second kappa shape index (κ2) is 6.25. The zero-order chi connectivity index (χ0) is 15.5. The van der Waals surface area contributed by atoms with Gasteiger partial charge in [0.2, 0.25) is 5.91 Å². The van der Waals surface area contributed by atoms with Crippen molar-refractivity contribution < 1.29 is 4.79 Å². The number of likely N-dealkylation sites (tertiary alicyclic amines) is 1. The standard InChI is InChI=1S/C16H21N5O/c1-12(22)21-9-3-4-13(11-21)10-14-16(18-8-7-17-14)15-5-6-19-20(15)2/h5-8,13H,3-4,9-11H2,1-2H3/t13-/m0/s1. The lowest BCUT2D eigenvalue weighted by Crippen LogP contribution is -2.39. The van der Waals surface area contributed by atoms with Crippen LogP contribution in [0, 0.1) is 5.92 Å². The molecule has 0 aromatic carbocycles. The molecule has 2 aromatic heterocycles. The Morgan fingerprint density at radius 3 is 2.86 bits per heavy atom. The van der Waals surface area contributed by atoms with Crippen LogP contribution in [0.25, 0.3) is 11.4 Å². The fourth-order valence-electron chi connectivity index (χ4n) is 3.13. The van der Waals surface area contributed by atoms with E-state index in [1.54, 1.807) is 25.5 Å². The molecule has 1 saturated heterocycles. The van der Waals surface area contributed by atoms with E-state index in [1.165, 1.54) is 0 Å². The van der Waals surface area contributed by atoms with Crippen LogP contribution in [0.15, 0.2) is 24.7 Å². The molecule has 0 aliphatic carbocycles. The number of piperidine rings is 1. The van der Waals surface area contributed by atoms with Crippen LogP contribution in [-0.2, 0) is 18.3 Å². The summed E-state index contributed by atoms with van der Waals surface area (Å²) in [5, 5.41) is 4.21. The highest BCUT2D eigenvalue weighted by Crippen LogP contribution is 2.25. The van der Waals surface area contributed by atoms with E-state index in [9.17, 15) is 4.79 Å². The first-order valence-electron chi connectivity index (χ1n) is 7.69. The van der Waals surface area contributed by atoms with Crippen molar-refractivity contribution in [1.82, 2.24) is 24.6 Å². The first-order chi connectivity index (χ1) is 10.6. The summed E-state index contributed by atoms with van der Waals surface area (Å²) in [6.07, 6.45) is 8.26. The van der Waals surface area contributed by atoms with E-state index in [4.69, 9.17) is 0 Å². The second-order valence-electron chi connectivity index (χ2n) is 5.87. The third kappa shape index (κ3) is 3.00. The third-order valence-electron chi connectivity index (χ3n) is 4.28. The topological polar surface area (TPSA) is 63.9 Å². The Morgan fingerprint density at radius 1 is 1.32 bits per heavy atom. The maximum atomic E-state index is 11.6. The van der Waals surface area contributed by atoms with Gasteiger partial charge < -0.3 is 4.90 Å². The zero-order valence-corrected chi connectivity index (χ0v) is 13.1. The molecule has 1 atom stereocenters. The van der Waals surface area contributed by atoms with Gasteiger partial charge in [-0.25, -0.2) is 0 Å². The first-order valence-corrected chi connectivity index (χ1v) is 7.69. The molecule has 1 aliphatic rings. The minimum Gasteiger partial charge on any atom is -0.343 e. The minimum atomic E-state index is 0.163. The Bertz CT molecular complexity index is 666. The molecular formula is C16H21N5O. The van der Waals surface area contributed by atoms with Gasteiger partial charge >= 0.3 is 0 Å². The van der Waals surface area contributed by atoms with Crippen molar-refractivity contribution in [3.63, 3.8) is 0 Å². The number of amides is 1. The fraction of sp³-hybridized carbons (Fsp3) is 0.500. The minimum absolute atomic E-state index is 0.163. The SMILES string of the molecule is CC(=O)N1CCC[C@@H](Cc2nccnc2-c2ccnn2C)C1. The van der Waals surface area contributed by atoms with Crippen LogP contribution in [0.5, 0.6) is 0 Å². The molecule has 3 heterocycles. The van der Waals surface area contributed by atoms with E-state index in [2.05, 4.69) is 15.1 Å². The quantitative estimate of drug-likeness (QED) is 0.865. The van der Waals surface area contributed by atoms with Gasteiger partial charge in [-0.2, -0.15) is 5.10 Å². The van der Waals surface area contributed by atoms with E-state index < -0.39 is 0 Å². The third-order valence-corrected chi connectivity index (χ3v) is 4.28. The number of hydrogen-bond acceptors (Lipinski definition) is 4. The summed E-state index contributed by atoms with van der Waals surface area (Å²) in [5.74, 6) is 0.608. The molecule has 0 saturated carbocycles. The highest BCUT2D eigenvalue weighted by Gasteiger charge is 2.23. The van der Waals surface area contributed by atoms with Gasteiger partial charge in [-0.1, -0.05) is 0 Å². The molecule has 0 spiro atoms. The van der Waals surface area contributed by atoms with Crippen molar-refractivity contribution in [3.05, 3.63) is 30.4 Å². The molecule has 6 heteroatoms. The number of aryl methyl sites for hydroxylation is 1. The molecule has 2 aromatic rings. The highest BCUT2D eigenvalue weighted by atomic mass is 16.2. The Morgan fingerprint density at radius 2 is 2.14 bits per heavy atom. The molecule has 0 unspecified atom stereocenters. The van der Waals surface area contributed by atoms with Gasteiger partial charge in [-0.05, 0) is 31.2 Å². The molecule has 6 nitrogen and oxygen atoms in total. The number of carbonyl (C=O) groups is 1. The first kappa shape index (κ1) is 14.7. The van der Waals surface area contributed by atoms with Gasteiger partial charge in [0.05, 0.1) is 11.4 Å². The van der Waals surface area contributed by atoms with E-state index in [0.717, 1.165) is 49.4 Å². The number of carbonyl (C=O) groups excluding carboxylic acids is 1. The molecular weight excluding hydrogens is 278 g/mol. The van der Waals surface area contributed by atoms with Gasteiger partial charge in [0, 0.05) is 45.7 Å². The van der Waals surface area contributed by atoms with E-state index in [-0.39, 0.29) is 5.91 Å². The lowest BCUT2D eigenvalue weighted by molar-refractivity contribution is -0.130. The number of rotatable bonds is 3. The Labute approximate surface area is 130 Å². The average molecular weight is 299 g/mol. The average Bonchev–Trinajstić information content (AvgIpc) is 2.94. The normalized spacial score (nSPS) is 18.5. The zero-order valence-electron chi connectivity index (χ0n) is 13.1. The fourth-order valence-corrected chi connectivity index (χ4v) is 3.13.